The van der Waals surface area contributed by atoms with E-state index in [0.717, 1.165) is 83.6 Å². The van der Waals surface area contributed by atoms with Crippen molar-refractivity contribution in [3.8, 4) is 22.5 Å². The summed E-state index contributed by atoms with van der Waals surface area (Å²) < 4.78 is 6.07. The van der Waals surface area contributed by atoms with Crippen LogP contribution in [0.4, 0.5) is 17.1 Å². The van der Waals surface area contributed by atoms with Gasteiger partial charge in [0.25, 0.3) is 0 Å². The van der Waals surface area contributed by atoms with Crippen molar-refractivity contribution in [2.45, 2.75) is 0 Å². The topological polar surface area (TPSA) is 77.8 Å². The van der Waals surface area contributed by atoms with Crippen LogP contribution in [0, 0.1) is 0 Å². The molecule has 0 saturated heterocycles. The Balaban J connectivity index is 1.03. The lowest BCUT2D eigenvalue weighted by Gasteiger charge is -2.26. The van der Waals surface area contributed by atoms with Crippen molar-refractivity contribution < 1.29 is 4.42 Å². The Kier molecular flexibility index (Phi) is 6.32. The number of anilines is 3. The lowest BCUT2D eigenvalue weighted by molar-refractivity contribution is 0.669. The van der Waals surface area contributed by atoms with E-state index in [4.69, 9.17) is 4.42 Å². The number of aromatic nitrogens is 6. The Labute approximate surface area is 286 Å². The Bertz CT molecular complexity index is 2630. The standard InChI is InChI=1S/C42H27N7O/c1-6-12-41-35(7-1)36-27-29(15-26-42(36)50-41)28-13-16-30(17-14-28)47(31-18-22-33(23-19-31)48-43-37-8-2-3-9-38(37)44-48)32-20-24-34(25-21-32)49-45-39-10-4-5-11-40(39)46-49/h1-27H. The first-order valence-corrected chi connectivity index (χ1v) is 16.4. The molecule has 0 bridgehead atoms. The average Bonchev–Trinajstić information content (AvgIpc) is 3.91. The minimum atomic E-state index is 0.859. The SMILES string of the molecule is c1ccc2nn(-c3ccc(N(c4ccc(-c5ccc6oc7ccccc7c6c5)cc4)c4ccc(-n5nc6ccccc6n5)cc4)cc3)nc2c1. The van der Waals surface area contributed by atoms with E-state index in [-0.39, 0.29) is 0 Å². The molecule has 0 spiro atoms. The van der Waals surface area contributed by atoms with Crippen molar-refractivity contribution in [3.05, 3.63) is 164 Å². The van der Waals surface area contributed by atoms with E-state index >= 15 is 0 Å². The van der Waals surface area contributed by atoms with E-state index in [0.29, 0.717) is 0 Å². The second-order valence-electron chi connectivity index (χ2n) is 12.2. The Morgan fingerprint density at radius 1 is 0.380 bits per heavy atom. The highest BCUT2D eigenvalue weighted by Gasteiger charge is 2.15. The summed E-state index contributed by atoms with van der Waals surface area (Å²) in [6.07, 6.45) is 0. The van der Waals surface area contributed by atoms with Crippen LogP contribution in [-0.4, -0.2) is 30.0 Å². The predicted molar refractivity (Wildman–Crippen MR) is 199 cm³/mol. The highest BCUT2D eigenvalue weighted by molar-refractivity contribution is 6.06. The highest BCUT2D eigenvalue weighted by Crippen LogP contribution is 2.38. The molecule has 8 nitrogen and oxygen atoms in total. The quantitative estimate of drug-likeness (QED) is 0.179. The maximum Gasteiger partial charge on any atom is 0.135 e. The first-order chi connectivity index (χ1) is 24.7. The molecule has 0 aliphatic rings. The summed E-state index contributed by atoms with van der Waals surface area (Å²) in [5.74, 6) is 0. The van der Waals surface area contributed by atoms with Crippen LogP contribution in [0.15, 0.2) is 168 Å². The van der Waals surface area contributed by atoms with Crippen LogP contribution in [0.2, 0.25) is 0 Å². The van der Waals surface area contributed by atoms with Crippen molar-refractivity contribution in [2.75, 3.05) is 4.90 Å². The van der Waals surface area contributed by atoms with Gasteiger partial charge in [0.2, 0.25) is 0 Å². The van der Waals surface area contributed by atoms with Gasteiger partial charge in [0.15, 0.2) is 0 Å². The Morgan fingerprint density at radius 2 is 0.800 bits per heavy atom. The fraction of sp³-hybridized carbons (Fsp3) is 0. The summed E-state index contributed by atoms with van der Waals surface area (Å²) >= 11 is 0. The Hall–Kier alpha value is -7.06. The van der Waals surface area contributed by atoms with Crippen LogP contribution < -0.4 is 4.90 Å². The van der Waals surface area contributed by atoms with Crippen molar-refractivity contribution in [2.24, 2.45) is 0 Å². The molecule has 0 fully saturated rings. The van der Waals surface area contributed by atoms with Gasteiger partial charge in [0.1, 0.15) is 33.2 Å². The number of fused-ring (bicyclic) bond motifs is 5. The molecule has 0 aliphatic heterocycles. The Morgan fingerprint density at radius 3 is 1.32 bits per heavy atom. The molecule has 10 aromatic rings. The van der Waals surface area contributed by atoms with Crippen molar-refractivity contribution >= 4 is 61.1 Å². The molecule has 10 rings (SSSR count). The number of benzene rings is 7. The van der Waals surface area contributed by atoms with Gasteiger partial charge in [0, 0.05) is 27.8 Å². The second kappa shape index (κ2) is 11.3. The van der Waals surface area contributed by atoms with E-state index in [1.54, 1.807) is 9.59 Å². The fourth-order valence-electron chi connectivity index (χ4n) is 6.58. The van der Waals surface area contributed by atoms with E-state index < -0.39 is 0 Å². The smallest absolute Gasteiger partial charge is 0.135 e. The normalized spacial score (nSPS) is 11.6. The average molecular weight is 646 g/mol. The first-order valence-electron chi connectivity index (χ1n) is 16.4. The number of hydrogen-bond donors (Lipinski definition) is 0. The zero-order valence-electron chi connectivity index (χ0n) is 26.6. The summed E-state index contributed by atoms with van der Waals surface area (Å²) in [5, 5.41) is 20.9. The van der Waals surface area contributed by atoms with Crippen LogP contribution in [0.25, 0.3) is 66.5 Å². The molecule has 3 heterocycles. The van der Waals surface area contributed by atoms with Gasteiger partial charge in [-0.1, -0.05) is 60.7 Å². The molecule has 0 unspecified atom stereocenters. The summed E-state index contributed by atoms with van der Waals surface area (Å²) in [6.45, 7) is 0. The number of nitrogens with zero attached hydrogens (tertiary/aromatic N) is 7. The van der Waals surface area contributed by atoms with E-state index in [1.807, 2.05) is 91.0 Å². The molecule has 7 aromatic carbocycles. The fourth-order valence-corrected chi connectivity index (χ4v) is 6.58. The van der Waals surface area contributed by atoms with Gasteiger partial charge in [-0.05, 0) is 114 Å². The lowest BCUT2D eigenvalue weighted by Crippen LogP contribution is -2.10. The molecule has 3 aromatic heterocycles. The van der Waals surface area contributed by atoms with Crippen LogP contribution in [0.3, 0.4) is 0 Å². The van der Waals surface area contributed by atoms with E-state index in [9.17, 15) is 0 Å². The maximum absolute atomic E-state index is 6.07. The summed E-state index contributed by atoms with van der Waals surface area (Å²) in [7, 11) is 0. The van der Waals surface area contributed by atoms with Gasteiger partial charge in [-0.2, -0.15) is 9.59 Å². The van der Waals surface area contributed by atoms with Gasteiger partial charge in [-0.15, -0.1) is 20.4 Å². The number of rotatable bonds is 6. The summed E-state index contributed by atoms with van der Waals surface area (Å²) in [6, 6.07) is 55.6. The van der Waals surface area contributed by atoms with Gasteiger partial charge in [-0.25, -0.2) is 0 Å². The van der Waals surface area contributed by atoms with Crippen molar-refractivity contribution in [3.63, 3.8) is 0 Å². The van der Waals surface area contributed by atoms with Crippen LogP contribution in [-0.2, 0) is 0 Å². The minimum absolute atomic E-state index is 0.859. The van der Waals surface area contributed by atoms with Crippen LogP contribution in [0.5, 0.6) is 0 Å². The second-order valence-corrected chi connectivity index (χ2v) is 12.2. The molecule has 236 valence electrons. The van der Waals surface area contributed by atoms with Crippen molar-refractivity contribution in [1.82, 2.24) is 30.0 Å². The number of furan rings is 1. The number of para-hydroxylation sites is 1. The third-order valence-corrected chi connectivity index (χ3v) is 9.09. The molecule has 0 radical (unpaired) electrons. The zero-order valence-corrected chi connectivity index (χ0v) is 26.6. The molecule has 0 atom stereocenters. The van der Waals surface area contributed by atoms with Gasteiger partial charge >= 0.3 is 0 Å². The van der Waals surface area contributed by atoms with Crippen molar-refractivity contribution in [1.29, 1.82) is 0 Å². The molecule has 0 N–H and O–H groups in total. The molecule has 0 amide bonds. The monoisotopic (exact) mass is 645 g/mol. The predicted octanol–water partition coefficient (Wildman–Crippen LogP) is 10.2. The van der Waals surface area contributed by atoms with E-state index in [1.165, 1.54) is 0 Å². The van der Waals surface area contributed by atoms with Gasteiger partial charge in [-0.3, -0.25) is 0 Å². The largest absolute Gasteiger partial charge is 0.456 e. The molecular weight excluding hydrogens is 619 g/mol. The summed E-state index contributed by atoms with van der Waals surface area (Å²) in [5.41, 5.74) is 12.3. The third-order valence-electron chi connectivity index (χ3n) is 9.09. The van der Waals surface area contributed by atoms with E-state index in [2.05, 4.69) is 98.1 Å². The molecular formula is C42H27N7O. The first kappa shape index (κ1) is 28.0. The third kappa shape index (κ3) is 4.78. The zero-order chi connectivity index (χ0) is 33.0. The van der Waals surface area contributed by atoms with Crippen LogP contribution in [0.1, 0.15) is 0 Å². The minimum Gasteiger partial charge on any atom is -0.456 e. The molecule has 50 heavy (non-hydrogen) atoms. The van der Waals surface area contributed by atoms with Gasteiger partial charge in [0.05, 0.1) is 11.4 Å². The van der Waals surface area contributed by atoms with Gasteiger partial charge < -0.3 is 9.32 Å². The highest BCUT2D eigenvalue weighted by atomic mass is 16.3. The van der Waals surface area contributed by atoms with Crippen LogP contribution >= 0.6 is 0 Å². The molecule has 0 saturated carbocycles. The summed E-state index contributed by atoms with van der Waals surface area (Å²) in [4.78, 5) is 5.61. The molecule has 8 heteroatoms. The lowest BCUT2D eigenvalue weighted by atomic mass is 10.0. The maximum atomic E-state index is 6.07. The molecule has 0 aliphatic carbocycles. The number of hydrogen-bond acceptors (Lipinski definition) is 6.